The first kappa shape index (κ1) is 16.1. The predicted octanol–water partition coefficient (Wildman–Crippen LogP) is 4.16. The summed E-state index contributed by atoms with van der Waals surface area (Å²) in [5, 5.41) is 4.12. The van der Waals surface area contributed by atoms with E-state index in [0.29, 0.717) is 11.8 Å². The smallest absolute Gasteiger partial charge is 0.323 e. The van der Waals surface area contributed by atoms with Crippen LogP contribution in [0.15, 0.2) is 32.0 Å². The number of benzene rings is 1. The number of allylic oxidation sites excluding steroid dienone is 1. The molecule has 0 radical (unpaired) electrons. The van der Waals surface area contributed by atoms with Crippen molar-refractivity contribution in [2.24, 2.45) is 16.8 Å². The zero-order chi connectivity index (χ0) is 19.0. The molecule has 0 amide bonds. The number of aromatic nitrogens is 3. The van der Waals surface area contributed by atoms with Crippen LogP contribution in [0.5, 0.6) is 0 Å². The number of nitrogens with zero attached hydrogens (tertiary/aromatic N) is 2. The van der Waals surface area contributed by atoms with Crippen molar-refractivity contribution in [1.29, 1.82) is 0 Å². The van der Waals surface area contributed by atoms with E-state index in [1.165, 1.54) is 42.5 Å². The van der Waals surface area contributed by atoms with E-state index >= 15 is 0 Å². The Labute approximate surface area is 161 Å². The molecule has 2 aliphatic carbocycles. The Balaban J connectivity index is 1.65. The van der Waals surface area contributed by atoms with Crippen LogP contribution in [0.1, 0.15) is 42.7 Å². The van der Waals surface area contributed by atoms with E-state index in [0.717, 1.165) is 45.7 Å². The second-order valence-corrected chi connectivity index (χ2v) is 8.37. The van der Waals surface area contributed by atoms with Crippen LogP contribution in [0.25, 0.3) is 27.7 Å². The maximum atomic E-state index is 12.2. The summed E-state index contributed by atoms with van der Waals surface area (Å²) in [7, 11) is 0. The van der Waals surface area contributed by atoms with Gasteiger partial charge >= 0.3 is 5.69 Å². The van der Waals surface area contributed by atoms with Gasteiger partial charge in [-0.15, -0.1) is 0 Å². The standard InChI is InChI=1S/C22H22N4O2/c1-10-18(11(2)28-26-10)14-7-15(21-17(8-14)24-22(27)25-21)19-16(12-3-4-12)9-23-20(19)13-5-6-13/h7-8,12-13H,3-6,9H2,1-2H3,(H2,24,25,27). The number of hydrogen-bond donors (Lipinski definition) is 2. The lowest BCUT2D eigenvalue weighted by Gasteiger charge is -2.13. The highest BCUT2D eigenvalue weighted by Crippen LogP contribution is 2.48. The maximum Gasteiger partial charge on any atom is 0.323 e. The number of nitrogens with one attached hydrogen (secondary N) is 2. The number of hydrogen-bond acceptors (Lipinski definition) is 4. The molecule has 2 aromatic heterocycles. The Morgan fingerprint density at radius 1 is 1.07 bits per heavy atom. The van der Waals surface area contributed by atoms with Gasteiger partial charge in [0.15, 0.2) is 0 Å². The second-order valence-electron chi connectivity index (χ2n) is 8.37. The zero-order valence-corrected chi connectivity index (χ0v) is 16.1. The quantitative estimate of drug-likeness (QED) is 0.719. The molecule has 0 saturated heterocycles. The highest BCUT2D eigenvalue weighted by molar-refractivity contribution is 6.30. The molecule has 3 aliphatic rings. The van der Waals surface area contributed by atoms with Gasteiger partial charge in [0.05, 0.1) is 23.3 Å². The van der Waals surface area contributed by atoms with Crippen LogP contribution in [0.3, 0.4) is 0 Å². The summed E-state index contributed by atoms with van der Waals surface area (Å²) in [6, 6.07) is 4.21. The lowest BCUT2D eigenvalue weighted by Crippen LogP contribution is -2.05. The average Bonchev–Trinajstić information content (AvgIpc) is 3.58. The summed E-state index contributed by atoms with van der Waals surface area (Å²) in [5.74, 6) is 2.02. The molecule has 1 aliphatic heterocycles. The molecule has 1 aromatic carbocycles. The van der Waals surface area contributed by atoms with Crippen LogP contribution in [0, 0.1) is 25.7 Å². The van der Waals surface area contributed by atoms with Gasteiger partial charge in [0.1, 0.15) is 5.76 Å². The van der Waals surface area contributed by atoms with Crippen molar-refractivity contribution in [3.63, 3.8) is 0 Å². The van der Waals surface area contributed by atoms with Gasteiger partial charge in [-0.1, -0.05) is 5.16 Å². The third-order valence-corrected chi connectivity index (χ3v) is 6.25. The van der Waals surface area contributed by atoms with Crippen LogP contribution in [0.2, 0.25) is 0 Å². The molecular formula is C22H22N4O2. The van der Waals surface area contributed by atoms with E-state index in [2.05, 4.69) is 21.2 Å². The minimum Gasteiger partial charge on any atom is -0.361 e. The molecule has 6 nitrogen and oxygen atoms in total. The summed E-state index contributed by atoms with van der Waals surface area (Å²) in [6.45, 7) is 4.70. The third-order valence-electron chi connectivity index (χ3n) is 6.25. The number of aromatic amines is 2. The summed E-state index contributed by atoms with van der Waals surface area (Å²) >= 11 is 0. The molecular weight excluding hydrogens is 352 g/mol. The normalized spacial score (nSPS) is 19.7. The van der Waals surface area contributed by atoms with Gasteiger partial charge in [-0.2, -0.15) is 0 Å². The van der Waals surface area contributed by atoms with E-state index in [1.54, 1.807) is 0 Å². The molecule has 142 valence electrons. The lowest BCUT2D eigenvalue weighted by atomic mass is 9.89. The van der Waals surface area contributed by atoms with E-state index in [9.17, 15) is 4.79 Å². The highest BCUT2D eigenvalue weighted by Gasteiger charge is 2.39. The second kappa shape index (κ2) is 5.56. The highest BCUT2D eigenvalue weighted by atomic mass is 16.5. The summed E-state index contributed by atoms with van der Waals surface area (Å²) < 4.78 is 5.41. The Morgan fingerprint density at radius 2 is 1.86 bits per heavy atom. The Morgan fingerprint density at radius 3 is 2.54 bits per heavy atom. The Kier molecular flexibility index (Phi) is 3.20. The number of fused-ring (bicyclic) bond motifs is 1. The van der Waals surface area contributed by atoms with Crippen LogP contribution >= 0.6 is 0 Å². The van der Waals surface area contributed by atoms with Crippen molar-refractivity contribution in [3.05, 3.63) is 45.2 Å². The summed E-state index contributed by atoms with van der Waals surface area (Å²) in [4.78, 5) is 23.1. The molecule has 6 heteroatoms. The van der Waals surface area contributed by atoms with Crippen LogP contribution in [-0.4, -0.2) is 27.4 Å². The van der Waals surface area contributed by atoms with Crippen molar-refractivity contribution >= 4 is 22.3 Å². The monoisotopic (exact) mass is 374 g/mol. The minimum atomic E-state index is -0.177. The fourth-order valence-electron chi connectivity index (χ4n) is 4.64. The molecule has 2 fully saturated rings. The molecule has 0 bridgehead atoms. The Bertz CT molecular complexity index is 1230. The topological polar surface area (TPSA) is 87.0 Å². The van der Waals surface area contributed by atoms with Crippen LogP contribution in [0.4, 0.5) is 0 Å². The van der Waals surface area contributed by atoms with Crippen molar-refractivity contribution in [2.45, 2.75) is 39.5 Å². The van der Waals surface area contributed by atoms with E-state index < -0.39 is 0 Å². The number of aliphatic imine (C=N–C) groups is 1. The van der Waals surface area contributed by atoms with E-state index in [1.807, 2.05) is 19.9 Å². The van der Waals surface area contributed by atoms with Gasteiger partial charge in [-0.3, -0.25) is 4.99 Å². The fourth-order valence-corrected chi connectivity index (χ4v) is 4.64. The molecule has 0 spiro atoms. The maximum absolute atomic E-state index is 12.2. The lowest BCUT2D eigenvalue weighted by molar-refractivity contribution is 0.393. The molecule has 6 rings (SSSR count). The first-order valence-electron chi connectivity index (χ1n) is 10.1. The predicted molar refractivity (Wildman–Crippen MR) is 109 cm³/mol. The van der Waals surface area contributed by atoms with Gasteiger partial charge in [-0.05, 0) is 68.7 Å². The molecule has 0 atom stereocenters. The van der Waals surface area contributed by atoms with Gasteiger partial charge in [0.2, 0.25) is 0 Å². The molecule has 2 saturated carbocycles. The number of H-pyrrole nitrogens is 2. The zero-order valence-electron chi connectivity index (χ0n) is 16.1. The number of imidazole rings is 1. The average molecular weight is 374 g/mol. The molecule has 28 heavy (non-hydrogen) atoms. The van der Waals surface area contributed by atoms with Crippen LogP contribution < -0.4 is 5.69 Å². The SMILES string of the molecule is Cc1noc(C)c1-c1cc(C2=C(C3CC3)CN=C2C2CC2)c2[nH]c(=O)[nH]c2c1. The molecule has 3 aromatic rings. The minimum absolute atomic E-state index is 0.177. The van der Waals surface area contributed by atoms with Crippen molar-refractivity contribution in [3.8, 4) is 11.1 Å². The summed E-state index contributed by atoms with van der Waals surface area (Å²) in [6.07, 6.45) is 4.94. The van der Waals surface area contributed by atoms with Crippen molar-refractivity contribution in [1.82, 2.24) is 15.1 Å². The van der Waals surface area contributed by atoms with Crippen molar-refractivity contribution < 1.29 is 4.52 Å². The molecule has 3 heterocycles. The van der Waals surface area contributed by atoms with Crippen LogP contribution in [-0.2, 0) is 0 Å². The Hall–Kier alpha value is -2.89. The first-order chi connectivity index (χ1) is 13.6. The van der Waals surface area contributed by atoms with Gasteiger partial charge in [-0.25, -0.2) is 4.79 Å². The van der Waals surface area contributed by atoms with E-state index in [-0.39, 0.29) is 5.69 Å². The van der Waals surface area contributed by atoms with Gasteiger partial charge < -0.3 is 14.5 Å². The van der Waals surface area contributed by atoms with Gasteiger partial charge in [0.25, 0.3) is 0 Å². The fraction of sp³-hybridized carbons (Fsp3) is 0.409. The molecule has 2 N–H and O–H groups in total. The third kappa shape index (κ3) is 2.37. The van der Waals surface area contributed by atoms with Crippen molar-refractivity contribution in [2.75, 3.05) is 6.54 Å². The first-order valence-corrected chi connectivity index (χ1v) is 10.1. The number of rotatable bonds is 4. The van der Waals surface area contributed by atoms with E-state index in [4.69, 9.17) is 9.52 Å². The number of aryl methyl sites for hydroxylation is 2. The largest absolute Gasteiger partial charge is 0.361 e. The molecule has 0 unspecified atom stereocenters. The van der Waals surface area contributed by atoms with Gasteiger partial charge in [0, 0.05) is 28.3 Å². The summed E-state index contributed by atoms with van der Waals surface area (Å²) in [5.41, 5.74) is 9.51.